The molecule has 0 bridgehead atoms. The van der Waals surface area contributed by atoms with E-state index >= 15 is 0 Å². The predicted molar refractivity (Wildman–Crippen MR) is 106 cm³/mol. The van der Waals surface area contributed by atoms with E-state index in [4.69, 9.17) is 17.2 Å². The molecule has 0 atom stereocenters. The Morgan fingerprint density at radius 3 is 1.85 bits per heavy atom. The van der Waals surface area contributed by atoms with Crippen LogP contribution in [0.15, 0.2) is 65.6 Å². The molecule has 0 aliphatic heterocycles. The topological polar surface area (TPSA) is 112 Å². The number of nitrogen functional groups attached to an aromatic ring is 1. The lowest BCUT2D eigenvalue weighted by Crippen LogP contribution is -2.14. The molecule has 2 amide bonds. The van der Waals surface area contributed by atoms with Gasteiger partial charge in [0.1, 0.15) is 0 Å². The highest BCUT2D eigenvalue weighted by Crippen LogP contribution is 2.34. The Balaban J connectivity index is 2.18. The lowest BCUT2D eigenvalue weighted by Gasteiger charge is -2.13. The van der Waals surface area contributed by atoms with Crippen LogP contribution in [0.5, 0.6) is 0 Å². The summed E-state index contributed by atoms with van der Waals surface area (Å²) in [6, 6.07) is 17.8. The first-order chi connectivity index (χ1) is 12.4. The normalized spacial score (nSPS) is 10.5. The molecule has 5 nitrogen and oxygen atoms in total. The van der Waals surface area contributed by atoms with Crippen molar-refractivity contribution in [3.8, 4) is 22.3 Å². The summed E-state index contributed by atoms with van der Waals surface area (Å²) >= 11 is 4.28. The zero-order valence-electron chi connectivity index (χ0n) is 13.8. The van der Waals surface area contributed by atoms with Crippen LogP contribution in [0.1, 0.15) is 20.7 Å². The number of rotatable bonds is 4. The van der Waals surface area contributed by atoms with Gasteiger partial charge < -0.3 is 17.2 Å². The van der Waals surface area contributed by atoms with Crippen molar-refractivity contribution in [3.05, 3.63) is 71.8 Å². The van der Waals surface area contributed by atoms with Crippen molar-refractivity contribution in [2.75, 3.05) is 5.73 Å². The molecule has 0 saturated heterocycles. The fourth-order valence-electron chi connectivity index (χ4n) is 2.73. The highest BCUT2D eigenvalue weighted by molar-refractivity contribution is 7.80. The van der Waals surface area contributed by atoms with E-state index in [1.165, 1.54) is 0 Å². The van der Waals surface area contributed by atoms with Crippen LogP contribution in [0.3, 0.4) is 0 Å². The number of hydrogen-bond donors (Lipinski definition) is 4. The first-order valence-electron chi connectivity index (χ1n) is 7.80. The molecule has 0 aromatic heterocycles. The van der Waals surface area contributed by atoms with Gasteiger partial charge in [0.2, 0.25) is 5.91 Å². The van der Waals surface area contributed by atoms with E-state index in [9.17, 15) is 9.59 Å². The fourth-order valence-corrected chi connectivity index (χ4v) is 2.88. The summed E-state index contributed by atoms with van der Waals surface area (Å²) in [7, 11) is 0. The second-order valence-electron chi connectivity index (χ2n) is 5.84. The van der Waals surface area contributed by atoms with Crippen molar-refractivity contribution in [1.29, 1.82) is 0 Å². The van der Waals surface area contributed by atoms with Gasteiger partial charge in [-0.1, -0.05) is 24.3 Å². The van der Waals surface area contributed by atoms with Crippen LogP contribution >= 0.6 is 12.6 Å². The smallest absolute Gasteiger partial charge is 0.250 e. The van der Waals surface area contributed by atoms with Crippen LogP contribution in [0.4, 0.5) is 5.69 Å². The Hall–Kier alpha value is -3.25. The minimum atomic E-state index is -0.606. The molecule has 0 unspecified atom stereocenters. The van der Waals surface area contributed by atoms with Crippen LogP contribution in [0.25, 0.3) is 22.3 Å². The molecule has 0 spiro atoms. The van der Waals surface area contributed by atoms with Crippen LogP contribution in [-0.4, -0.2) is 11.8 Å². The molecule has 0 saturated carbocycles. The molecule has 3 aromatic rings. The van der Waals surface area contributed by atoms with Gasteiger partial charge >= 0.3 is 0 Å². The number of thiol groups is 1. The minimum absolute atomic E-state index is 0.242. The highest BCUT2D eigenvalue weighted by Gasteiger charge is 2.15. The Morgan fingerprint density at radius 2 is 1.31 bits per heavy atom. The van der Waals surface area contributed by atoms with Gasteiger partial charge in [-0.05, 0) is 53.1 Å². The van der Waals surface area contributed by atoms with Crippen molar-refractivity contribution in [2.45, 2.75) is 4.90 Å². The summed E-state index contributed by atoms with van der Waals surface area (Å²) in [5.41, 5.74) is 21.0. The van der Waals surface area contributed by atoms with E-state index in [-0.39, 0.29) is 5.56 Å². The summed E-state index contributed by atoms with van der Waals surface area (Å²) < 4.78 is 0. The number of benzene rings is 3. The number of nitrogens with two attached hydrogens (primary N) is 3. The van der Waals surface area contributed by atoms with E-state index in [1.54, 1.807) is 30.3 Å². The van der Waals surface area contributed by atoms with Crippen molar-refractivity contribution >= 4 is 30.1 Å². The highest BCUT2D eigenvalue weighted by atomic mass is 32.1. The molecule has 26 heavy (non-hydrogen) atoms. The second kappa shape index (κ2) is 6.93. The summed E-state index contributed by atoms with van der Waals surface area (Å²) in [5.74, 6) is -1.11. The molecular weight excluding hydrogens is 346 g/mol. The van der Waals surface area contributed by atoms with Gasteiger partial charge in [-0.25, -0.2) is 0 Å². The zero-order chi connectivity index (χ0) is 18.8. The monoisotopic (exact) mass is 363 g/mol. The summed E-state index contributed by atoms with van der Waals surface area (Å²) in [6.45, 7) is 0. The van der Waals surface area contributed by atoms with E-state index in [0.717, 1.165) is 21.6 Å². The van der Waals surface area contributed by atoms with Crippen LogP contribution in [-0.2, 0) is 0 Å². The molecule has 0 radical (unpaired) electrons. The quantitative estimate of drug-likeness (QED) is 0.422. The van der Waals surface area contributed by atoms with Gasteiger partial charge in [0, 0.05) is 16.0 Å². The van der Waals surface area contributed by atoms with Gasteiger partial charge in [-0.15, -0.1) is 12.6 Å². The maximum atomic E-state index is 11.9. The Kier molecular flexibility index (Phi) is 4.69. The number of amides is 2. The standard InChI is InChI=1S/C20H17N3O2S/c21-18-16(12-5-7-15(26)8-6-12)9-14(10-17(18)20(23)25)11-1-3-13(4-2-11)19(22)24/h1-10,26H,21H2,(H2,22,24)(H2,23,25). The predicted octanol–water partition coefficient (Wildman–Crippen LogP) is 3.09. The zero-order valence-corrected chi connectivity index (χ0v) is 14.7. The van der Waals surface area contributed by atoms with Crippen molar-refractivity contribution in [2.24, 2.45) is 11.5 Å². The van der Waals surface area contributed by atoms with E-state index in [2.05, 4.69) is 12.6 Å². The van der Waals surface area contributed by atoms with E-state index < -0.39 is 11.8 Å². The molecule has 3 rings (SSSR count). The molecule has 0 fully saturated rings. The molecule has 0 aliphatic rings. The van der Waals surface area contributed by atoms with Crippen LogP contribution < -0.4 is 17.2 Å². The largest absolute Gasteiger partial charge is 0.398 e. The molecule has 6 N–H and O–H groups in total. The summed E-state index contributed by atoms with van der Waals surface area (Å²) in [4.78, 5) is 23.9. The molecular formula is C20H17N3O2S. The first-order valence-corrected chi connectivity index (χ1v) is 8.24. The Morgan fingerprint density at radius 1 is 0.731 bits per heavy atom. The number of carbonyl (C=O) groups is 2. The summed E-state index contributed by atoms with van der Waals surface area (Å²) in [5, 5.41) is 0. The molecule has 0 aliphatic carbocycles. The van der Waals surface area contributed by atoms with Gasteiger partial charge in [0.05, 0.1) is 11.3 Å². The third kappa shape index (κ3) is 3.41. The lowest BCUT2D eigenvalue weighted by molar-refractivity contribution is 0.0992. The Labute approximate surface area is 156 Å². The van der Waals surface area contributed by atoms with E-state index in [1.807, 2.05) is 30.3 Å². The maximum Gasteiger partial charge on any atom is 0.250 e. The number of anilines is 1. The number of carbonyl (C=O) groups excluding carboxylic acids is 2. The number of primary amides is 2. The third-order valence-electron chi connectivity index (χ3n) is 4.13. The van der Waals surface area contributed by atoms with Crippen molar-refractivity contribution in [3.63, 3.8) is 0 Å². The van der Waals surface area contributed by atoms with Gasteiger partial charge in [-0.3, -0.25) is 9.59 Å². The molecule has 3 aromatic carbocycles. The average Bonchev–Trinajstić information content (AvgIpc) is 2.62. The third-order valence-corrected chi connectivity index (χ3v) is 4.42. The van der Waals surface area contributed by atoms with Crippen LogP contribution in [0.2, 0.25) is 0 Å². The number of hydrogen-bond acceptors (Lipinski definition) is 4. The minimum Gasteiger partial charge on any atom is -0.398 e. The molecule has 6 heteroatoms. The Bertz CT molecular complexity index is 997. The average molecular weight is 363 g/mol. The van der Waals surface area contributed by atoms with Gasteiger partial charge in [0.15, 0.2) is 0 Å². The van der Waals surface area contributed by atoms with Crippen molar-refractivity contribution in [1.82, 2.24) is 0 Å². The molecule has 0 heterocycles. The first kappa shape index (κ1) is 17.6. The SMILES string of the molecule is NC(=O)c1ccc(-c2cc(C(N)=O)c(N)c(-c3ccc(S)cc3)c2)cc1. The van der Waals surface area contributed by atoms with Crippen molar-refractivity contribution < 1.29 is 9.59 Å². The summed E-state index contributed by atoms with van der Waals surface area (Å²) in [6.07, 6.45) is 0. The van der Waals surface area contributed by atoms with Gasteiger partial charge in [-0.2, -0.15) is 0 Å². The molecule has 130 valence electrons. The lowest BCUT2D eigenvalue weighted by atomic mass is 9.93. The maximum absolute atomic E-state index is 11.9. The van der Waals surface area contributed by atoms with Gasteiger partial charge in [0.25, 0.3) is 5.91 Å². The van der Waals surface area contributed by atoms with E-state index in [0.29, 0.717) is 16.8 Å². The van der Waals surface area contributed by atoms with Crippen LogP contribution in [0, 0.1) is 0 Å². The second-order valence-corrected chi connectivity index (χ2v) is 6.35. The fraction of sp³-hybridized carbons (Fsp3) is 0.